The van der Waals surface area contributed by atoms with Crippen molar-refractivity contribution in [2.24, 2.45) is 5.10 Å². The SMILES string of the molecule is CCOc1cc(/C=N/NC(=O)CCSc2ccc(Cl)cc2)ccc1OCc1ccccc1. The van der Waals surface area contributed by atoms with Crippen LogP contribution in [-0.2, 0) is 11.4 Å². The lowest BCUT2D eigenvalue weighted by Gasteiger charge is -2.12. The van der Waals surface area contributed by atoms with Crippen molar-refractivity contribution in [2.45, 2.75) is 24.8 Å². The lowest BCUT2D eigenvalue weighted by atomic mass is 10.2. The Morgan fingerprint density at radius 3 is 2.56 bits per heavy atom. The summed E-state index contributed by atoms with van der Waals surface area (Å²) in [6.07, 6.45) is 1.95. The van der Waals surface area contributed by atoms with Crippen LogP contribution in [0, 0.1) is 0 Å². The first-order chi connectivity index (χ1) is 15.6. The van der Waals surface area contributed by atoms with E-state index < -0.39 is 0 Å². The van der Waals surface area contributed by atoms with Gasteiger partial charge >= 0.3 is 0 Å². The average Bonchev–Trinajstić information content (AvgIpc) is 2.81. The summed E-state index contributed by atoms with van der Waals surface area (Å²) in [4.78, 5) is 13.1. The number of hydrogen-bond donors (Lipinski definition) is 1. The summed E-state index contributed by atoms with van der Waals surface area (Å²) in [6, 6.07) is 23.1. The zero-order valence-electron chi connectivity index (χ0n) is 17.8. The Kier molecular flexibility index (Phi) is 9.47. The van der Waals surface area contributed by atoms with Crippen molar-refractivity contribution in [2.75, 3.05) is 12.4 Å². The molecule has 5 nitrogen and oxygen atoms in total. The molecular formula is C25H25ClN2O3S. The number of carbonyl (C=O) groups is 1. The zero-order valence-corrected chi connectivity index (χ0v) is 19.4. The predicted molar refractivity (Wildman–Crippen MR) is 131 cm³/mol. The second-order valence-corrected chi connectivity index (χ2v) is 8.36. The molecule has 166 valence electrons. The fourth-order valence-electron chi connectivity index (χ4n) is 2.75. The van der Waals surface area contributed by atoms with Gasteiger partial charge in [-0.05, 0) is 60.5 Å². The molecule has 0 saturated heterocycles. The molecule has 1 N–H and O–H groups in total. The molecule has 0 aliphatic heterocycles. The molecule has 0 radical (unpaired) electrons. The Balaban J connectivity index is 1.49. The first-order valence-electron chi connectivity index (χ1n) is 10.3. The third-order valence-corrected chi connectivity index (χ3v) is 5.58. The molecule has 0 aromatic heterocycles. The molecule has 0 atom stereocenters. The van der Waals surface area contributed by atoms with E-state index in [1.807, 2.05) is 79.7 Å². The van der Waals surface area contributed by atoms with Gasteiger partial charge in [0.1, 0.15) is 6.61 Å². The third kappa shape index (κ3) is 7.94. The second kappa shape index (κ2) is 12.8. The van der Waals surface area contributed by atoms with Crippen LogP contribution in [0.15, 0.2) is 82.8 Å². The van der Waals surface area contributed by atoms with Crippen LogP contribution in [0.25, 0.3) is 0 Å². The first-order valence-corrected chi connectivity index (χ1v) is 11.6. The average molecular weight is 469 g/mol. The van der Waals surface area contributed by atoms with Gasteiger partial charge in [-0.3, -0.25) is 4.79 Å². The van der Waals surface area contributed by atoms with Crippen molar-refractivity contribution in [3.63, 3.8) is 0 Å². The number of amides is 1. The summed E-state index contributed by atoms with van der Waals surface area (Å²) in [5.41, 5.74) is 4.45. The molecule has 0 aliphatic carbocycles. The minimum atomic E-state index is -0.143. The van der Waals surface area contributed by atoms with E-state index in [1.54, 1.807) is 18.0 Å². The van der Waals surface area contributed by atoms with Crippen LogP contribution in [0.2, 0.25) is 5.02 Å². The Labute approximate surface area is 197 Å². The summed E-state index contributed by atoms with van der Waals surface area (Å²) < 4.78 is 11.6. The minimum absolute atomic E-state index is 0.143. The molecule has 0 unspecified atom stereocenters. The Morgan fingerprint density at radius 1 is 1.03 bits per heavy atom. The minimum Gasteiger partial charge on any atom is -0.490 e. The molecule has 32 heavy (non-hydrogen) atoms. The lowest BCUT2D eigenvalue weighted by molar-refractivity contribution is -0.120. The van der Waals surface area contributed by atoms with E-state index in [9.17, 15) is 4.79 Å². The molecule has 3 rings (SSSR count). The van der Waals surface area contributed by atoms with Crippen molar-refractivity contribution in [3.8, 4) is 11.5 Å². The number of halogens is 1. The maximum absolute atomic E-state index is 12.0. The highest BCUT2D eigenvalue weighted by molar-refractivity contribution is 7.99. The van der Waals surface area contributed by atoms with Crippen LogP contribution in [0.1, 0.15) is 24.5 Å². The fourth-order valence-corrected chi connectivity index (χ4v) is 3.73. The monoisotopic (exact) mass is 468 g/mol. The van der Waals surface area contributed by atoms with E-state index in [4.69, 9.17) is 21.1 Å². The van der Waals surface area contributed by atoms with E-state index in [0.29, 0.717) is 41.9 Å². The smallest absolute Gasteiger partial charge is 0.240 e. The van der Waals surface area contributed by atoms with Gasteiger partial charge in [0.25, 0.3) is 0 Å². The first kappa shape index (κ1) is 23.7. The Hall–Kier alpha value is -2.96. The summed E-state index contributed by atoms with van der Waals surface area (Å²) in [7, 11) is 0. The molecule has 7 heteroatoms. The number of rotatable bonds is 11. The zero-order chi connectivity index (χ0) is 22.6. The van der Waals surface area contributed by atoms with Gasteiger partial charge in [-0.2, -0.15) is 5.10 Å². The fraction of sp³-hybridized carbons (Fsp3) is 0.200. The number of benzene rings is 3. The van der Waals surface area contributed by atoms with Crippen LogP contribution in [0.5, 0.6) is 11.5 Å². The van der Waals surface area contributed by atoms with E-state index >= 15 is 0 Å². The van der Waals surface area contributed by atoms with Crippen molar-refractivity contribution in [1.29, 1.82) is 0 Å². The number of nitrogens with one attached hydrogen (secondary N) is 1. The number of thioether (sulfide) groups is 1. The van der Waals surface area contributed by atoms with Gasteiger partial charge in [0.2, 0.25) is 5.91 Å². The molecule has 0 saturated carbocycles. The number of ether oxygens (including phenoxy) is 2. The van der Waals surface area contributed by atoms with Crippen LogP contribution < -0.4 is 14.9 Å². The van der Waals surface area contributed by atoms with Crippen LogP contribution in [0.4, 0.5) is 0 Å². The quantitative estimate of drug-likeness (QED) is 0.214. The highest BCUT2D eigenvalue weighted by Crippen LogP contribution is 2.29. The molecule has 3 aromatic rings. The summed E-state index contributed by atoms with van der Waals surface area (Å²) in [6.45, 7) is 2.90. The summed E-state index contributed by atoms with van der Waals surface area (Å²) in [5.74, 6) is 1.81. The normalized spacial score (nSPS) is 10.8. The molecule has 0 spiro atoms. The number of nitrogens with zero attached hydrogens (tertiary/aromatic N) is 1. The van der Waals surface area contributed by atoms with E-state index in [2.05, 4.69) is 10.5 Å². The molecule has 3 aromatic carbocycles. The van der Waals surface area contributed by atoms with Crippen LogP contribution in [-0.4, -0.2) is 24.5 Å². The maximum atomic E-state index is 12.0. The molecule has 1 amide bonds. The van der Waals surface area contributed by atoms with E-state index in [0.717, 1.165) is 16.0 Å². The van der Waals surface area contributed by atoms with Crippen molar-refractivity contribution < 1.29 is 14.3 Å². The summed E-state index contributed by atoms with van der Waals surface area (Å²) >= 11 is 7.47. The molecule has 0 fully saturated rings. The molecule has 0 heterocycles. The van der Waals surface area contributed by atoms with Gasteiger partial charge in [0.15, 0.2) is 11.5 Å². The van der Waals surface area contributed by atoms with Gasteiger partial charge < -0.3 is 9.47 Å². The maximum Gasteiger partial charge on any atom is 0.240 e. The highest BCUT2D eigenvalue weighted by atomic mass is 35.5. The van der Waals surface area contributed by atoms with Gasteiger partial charge in [0, 0.05) is 22.1 Å². The van der Waals surface area contributed by atoms with Crippen molar-refractivity contribution in [3.05, 3.63) is 88.9 Å². The summed E-state index contributed by atoms with van der Waals surface area (Å²) in [5, 5.41) is 4.75. The lowest BCUT2D eigenvalue weighted by Crippen LogP contribution is -2.17. The van der Waals surface area contributed by atoms with Gasteiger partial charge in [-0.1, -0.05) is 41.9 Å². The standard InChI is InChI=1S/C25H25ClN2O3S/c1-2-30-24-16-20(8-13-23(24)31-18-19-6-4-3-5-7-19)17-27-28-25(29)14-15-32-22-11-9-21(26)10-12-22/h3-13,16-17H,2,14-15,18H2,1H3,(H,28,29)/b27-17+. The number of hydrogen-bond acceptors (Lipinski definition) is 5. The van der Waals surface area contributed by atoms with Crippen molar-refractivity contribution >= 4 is 35.5 Å². The number of carbonyl (C=O) groups excluding carboxylic acids is 1. The third-order valence-electron chi connectivity index (χ3n) is 4.32. The molecule has 0 aliphatic rings. The second-order valence-electron chi connectivity index (χ2n) is 6.76. The van der Waals surface area contributed by atoms with Gasteiger partial charge in [-0.25, -0.2) is 5.43 Å². The Bertz CT molecular complexity index is 1030. The van der Waals surface area contributed by atoms with Gasteiger partial charge in [-0.15, -0.1) is 11.8 Å². The van der Waals surface area contributed by atoms with Crippen LogP contribution in [0.3, 0.4) is 0 Å². The van der Waals surface area contributed by atoms with Gasteiger partial charge in [0.05, 0.1) is 12.8 Å². The van der Waals surface area contributed by atoms with Crippen LogP contribution >= 0.6 is 23.4 Å². The topological polar surface area (TPSA) is 59.9 Å². The van der Waals surface area contributed by atoms with E-state index in [1.165, 1.54) is 0 Å². The van der Waals surface area contributed by atoms with E-state index in [-0.39, 0.29) is 5.91 Å². The predicted octanol–water partition coefficient (Wildman–Crippen LogP) is 5.95. The molecule has 0 bridgehead atoms. The number of hydrazone groups is 1. The molecular weight excluding hydrogens is 444 g/mol. The Morgan fingerprint density at radius 2 is 1.81 bits per heavy atom. The largest absolute Gasteiger partial charge is 0.490 e. The van der Waals surface area contributed by atoms with Crippen molar-refractivity contribution in [1.82, 2.24) is 5.43 Å². The highest BCUT2D eigenvalue weighted by Gasteiger charge is 2.07.